The Morgan fingerprint density at radius 1 is 1.36 bits per heavy atom. The molecule has 0 atom stereocenters. The second kappa shape index (κ2) is 2.97. The van der Waals surface area contributed by atoms with Gasteiger partial charge in [-0.1, -0.05) is 23.7 Å². The van der Waals surface area contributed by atoms with Gasteiger partial charge in [0.15, 0.2) is 0 Å². The van der Waals surface area contributed by atoms with E-state index in [4.69, 9.17) is 11.6 Å². The molecule has 1 N–H and O–H groups in total. The van der Waals surface area contributed by atoms with Gasteiger partial charge in [-0.25, -0.2) is 0 Å². The fraction of sp³-hybridized carbons (Fsp3) is 0.250. The largest absolute Gasteiger partial charge is 0.428 e. The minimum absolute atomic E-state index is 0.692. The van der Waals surface area contributed by atoms with Gasteiger partial charge in [-0.05, 0) is 30.4 Å². The van der Waals surface area contributed by atoms with Crippen molar-refractivity contribution in [2.24, 2.45) is 0 Å². The van der Waals surface area contributed by atoms with Crippen molar-refractivity contribution in [1.82, 2.24) is 0 Å². The Morgan fingerprint density at radius 3 is 2.36 bits per heavy atom. The van der Waals surface area contributed by atoms with E-state index in [1.165, 1.54) is 0 Å². The van der Waals surface area contributed by atoms with Gasteiger partial charge in [0.25, 0.3) is 0 Å². The van der Waals surface area contributed by atoms with Gasteiger partial charge in [0.2, 0.25) is 8.32 Å². The highest BCUT2D eigenvalue weighted by Gasteiger charge is 2.19. The van der Waals surface area contributed by atoms with Crippen molar-refractivity contribution in [2.45, 2.75) is 13.1 Å². The second-order valence-corrected chi connectivity index (χ2v) is 7.20. The van der Waals surface area contributed by atoms with Crippen LogP contribution < -0.4 is 5.19 Å². The number of hydrogen-bond acceptors (Lipinski definition) is 1. The Labute approximate surface area is 72.8 Å². The summed E-state index contributed by atoms with van der Waals surface area (Å²) in [4.78, 5) is 9.69. The van der Waals surface area contributed by atoms with Crippen molar-refractivity contribution in [3.8, 4) is 0 Å². The molecule has 0 radical (unpaired) electrons. The lowest BCUT2D eigenvalue weighted by atomic mass is 10.4. The SMILES string of the molecule is C[Si](C)(O)c1cccc(Cl)c1. The monoisotopic (exact) mass is 186 g/mol. The third-order valence-electron chi connectivity index (χ3n) is 1.53. The van der Waals surface area contributed by atoms with Crippen molar-refractivity contribution in [2.75, 3.05) is 0 Å². The Kier molecular flexibility index (Phi) is 2.37. The fourth-order valence-electron chi connectivity index (χ4n) is 0.869. The molecule has 1 nitrogen and oxygen atoms in total. The summed E-state index contributed by atoms with van der Waals surface area (Å²) in [5.41, 5.74) is 0. The Bertz CT molecular complexity index is 255. The molecule has 0 spiro atoms. The summed E-state index contributed by atoms with van der Waals surface area (Å²) in [5.74, 6) is 0. The number of halogens is 1. The molecule has 0 aliphatic rings. The zero-order chi connectivity index (χ0) is 8.48. The van der Waals surface area contributed by atoms with Gasteiger partial charge in [0, 0.05) is 5.02 Å². The van der Waals surface area contributed by atoms with Gasteiger partial charge in [0.1, 0.15) is 0 Å². The van der Waals surface area contributed by atoms with Gasteiger partial charge in [0.05, 0.1) is 0 Å². The van der Waals surface area contributed by atoms with Gasteiger partial charge >= 0.3 is 0 Å². The molecule has 0 heterocycles. The molecule has 0 aromatic heterocycles. The first-order valence-electron chi connectivity index (χ1n) is 3.48. The summed E-state index contributed by atoms with van der Waals surface area (Å²) in [5, 5.41) is 1.67. The second-order valence-electron chi connectivity index (χ2n) is 3.07. The van der Waals surface area contributed by atoms with E-state index in [1.54, 1.807) is 0 Å². The highest BCUT2D eigenvalue weighted by molar-refractivity contribution is 6.83. The maximum Gasteiger partial charge on any atom is 0.214 e. The fourth-order valence-corrected chi connectivity index (χ4v) is 2.16. The van der Waals surface area contributed by atoms with Gasteiger partial charge < -0.3 is 4.80 Å². The molecule has 0 unspecified atom stereocenters. The van der Waals surface area contributed by atoms with Crippen molar-refractivity contribution in [1.29, 1.82) is 0 Å². The molecule has 0 fully saturated rings. The summed E-state index contributed by atoms with van der Waals surface area (Å²) < 4.78 is 0. The van der Waals surface area contributed by atoms with Gasteiger partial charge in [-0.3, -0.25) is 0 Å². The van der Waals surface area contributed by atoms with E-state index >= 15 is 0 Å². The summed E-state index contributed by atoms with van der Waals surface area (Å²) in [6, 6.07) is 7.42. The smallest absolute Gasteiger partial charge is 0.214 e. The summed E-state index contributed by atoms with van der Waals surface area (Å²) in [7, 11) is -2.15. The van der Waals surface area contributed by atoms with E-state index in [1.807, 2.05) is 37.4 Å². The lowest BCUT2D eigenvalue weighted by molar-refractivity contribution is 0.568. The first-order chi connectivity index (χ1) is 5.00. The molecule has 60 valence electrons. The third-order valence-corrected chi connectivity index (χ3v) is 3.49. The highest BCUT2D eigenvalue weighted by atomic mass is 35.5. The number of benzene rings is 1. The van der Waals surface area contributed by atoms with Crippen LogP contribution in [0.25, 0.3) is 0 Å². The lowest BCUT2D eigenvalue weighted by Gasteiger charge is -2.13. The van der Waals surface area contributed by atoms with E-state index in [0.29, 0.717) is 5.02 Å². The maximum absolute atomic E-state index is 9.69. The topological polar surface area (TPSA) is 20.2 Å². The molecule has 0 saturated carbocycles. The lowest BCUT2D eigenvalue weighted by Crippen LogP contribution is -2.41. The van der Waals surface area contributed by atoms with Crippen LogP contribution in [0.1, 0.15) is 0 Å². The average Bonchev–Trinajstić information content (AvgIpc) is 1.86. The van der Waals surface area contributed by atoms with Crippen molar-refractivity contribution >= 4 is 25.1 Å². The Morgan fingerprint density at radius 2 is 2.00 bits per heavy atom. The number of hydrogen-bond donors (Lipinski definition) is 1. The molecule has 1 aromatic carbocycles. The molecule has 1 aromatic rings. The standard InChI is InChI=1S/C8H11ClOSi/c1-11(2,10)8-5-3-4-7(9)6-8/h3-6,10H,1-2H3. The summed E-state index contributed by atoms with van der Waals surface area (Å²) in [6.45, 7) is 3.75. The summed E-state index contributed by atoms with van der Waals surface area (Å²) >= 11 is 5.76. The van der Waals surface area contributed by atoms with Crippen LogP contribution >= 0.6 is 11.6 Å². The van der Waals surface area contributed by atoms with Crippen LogP contribution in [0, 0.1) is 0 Å². The van der Waals surface area contributed by atoms with Crippen LogP contribution in [0.15, 0.2) is 24.3 Å². The Hall–Kier alpha value is -0.313. The molecule has 0 aliphatic heterocycles. The van der Waals surface area contributed by atoms with E-state index < -0.39 is 8.32 Å². The highest BCUT2D eigenvalue weighted by Crippen LogP contribution is 2.07. The predicted octanol–water partition coefficient (Wildman–Crippen LogP) is 1.74. The minimum atomic E-state index is -2.15. The molecule has 11 heavy (non-hydrogen) atoms. The zero-order valence-electron chi connectivity index (χ0n) is 6.63. The summed E-state index contributed by atoms with van der Waals surface area (Å²) in [6.07, 6.45) is 0. The van der Waals surface area contributed by atoms with Crippen LogP contribution in [0.2, 0.25) is 18.1 Å². The molecular formula is C8H11ClOSi. The molecular weight excluding hydrogens is 176 g/mol. The Balaban J connectivity index is 3.06. The quantitative estimate of drug-likeness (QED) is 0.663. The average molecular weight is 187 g/mol. The van der Waals surface area contributed by atoms with Crippen LogP contribution in [0.4, 0.5) is 0 Å². The van der Waals surface area contributed by atoms with Crippen LogP contribution in [-0.4, -0.2) is 13.1 Å². The van der Waals surface area contributed by atoms with E-state index in [2.05, 4.69) is 0 Å². The third kappa shape index (κ3) is 2.33. The van der Waals surface area contributed by atoms with E-state index in [9.17, 15) is 4.80 Å². The van der Waals surface area contributed by atoms with Crippen molar-refractivity contribution in [3.05, 3.63) is 29.3 Å². The normalized spacial score (nSPS) is 11.6. The first-order valence-corrected chi connectivity index (χ1v) is 6.81. The predicted molar refractivity (Wildman–Crippen MR) is 50.8 cm³/mol. The maximum atomic E-state index is 9.69. The van der Waals surface area contributed by atoms with Crippen LogP contribution in [0.3, 0.4) is 0 Å². The van der Waals surface area contributed by atoms with E-state index in [-0.39, 0.29) is 0 Å². The van der Waals surface area contributed by atoms with Crippen LogP contribution in [0.5, 0.6) is 0 Å². The molecule has 0 aliphatic carbocycles. The van der Waals surface area contributed by atoms with Gasteiger partial charge in [-0.2, -0.15) is 0 Å². The molecule has 0 bridgehead atoms. The zero-order valence-corrected chi connectivity index (χ0v) is 8.39. The van der Waals surface area contributed by atoms with E-state index in [0.717, 1.165) is 5.19 Å². The molecule has 3 heteroatoms. The molecule has 0 saturated heterocycles. The first kappa shape index (κ1) is 8.78. The minimum Gasteiger partial charge on any atom is -0.428 e. The van der Waals surface area contributed by atoms with Crippen molar-refractivity contribution in [3.63, 3.8) is 0 Å². The molecule has 0 amide bonds. The van der Waals surface area contributed by atoms with Crippen LogP contribution in [-0.2, 0) is 0 Å². The number of rotatable bonds is 1. The molecule has 1 rings (SSSR count). The van der Waals surface area contributed by atoms with Crippen molar-refractivity contribution < 1.29 is 4.80 Å². The van der Waals surface area contributed by atoms with Gasteiger partial charge in [-0.15, -0.1) is 0 Å².